The van der Waals surface area contributed by atoms with Crippen LogP contribution in [-0.4, -0.2) is 42.1 Å². The zero-order valence-electron chi connectivity index (χ0n) is 18.0. The zero-order chi connectivity index (χ0) is 22.4. The quantitative estimate of drug-likeness (QED) is 0.603. The molecule has 1 aromatic rings. The van der Waals surface area contributed by atoms with Crippen molar-refractivity contribution in [2.75, 3.05) is 18.4 Å². The van der Waals surface area contributed by atoms with Crippen LogP contribution in [0.3, 0.4) is 0 Å². The van der Waals surface area contributed by atoms with Crippen LogP contribution in [0.1, 0.15) is 51.5 Å². The number of nitrogens with zero attached hydrogens (tertiary/aromatic N) is 1. The number of nitrogens with one attached hydrogen (secondary N) is 1. The lowest BCUT2D eigenvalue weighted by Gasteiger charge is -2.44. The van der Waals surface area contributed by atoms with E-state index in [1.807, 2.05) is 20.8 Å². The first-order valence-corrected chi connectivity index (χ1v) is 10.8. The number of benzene rings is 1. The maximum Gasteiger partial charge on any atom is 0.573 e. The molecule has 2 aliphatic heterocycles. The number of alkyl halides is 3. The molecule has 0 aromatic heterocycles. The van der Waals surface area contributed by atoms with Gasteiger partial charge in [0.05, 0.1) is 0 Å². The van der Waals surface area contributed by atoms with Crippen molar-refractivity contribution in [2.45, 2.75) is 64.0 Å². The molecule has 31 heavy (non-hydrogen) atoms. The molecule has 170 valence electrons. The van der Waals surface area contributed by atoms with Crippen molar-refractivity contribution in [3.05, 3.63) is 35.9 Å². The van der Waals surface area contributed by atoms with Gasteiger partial charge in [0.15, 0.2) is 0 Å². The number of amides is 1. The van der Waals surface area contributed by atoms with Crippen LogP contribution >= 0.6 is 0 Å². The minimum Gasteiger partial charge on any atom is -0.444 e. The summed E-state index contributed by atoms with van der Waals surface area (Å²) in [5.74, 6) is 0.551. The van der Waals surface area contributed by atoms with Crippen LogP contribution in [0.4, 0.5) is 23.7 Å². The van der Waals surface area contributed by atoms with E-state index in [0.29, 0.717) is 19.0 Å². The number of allylic oxidation sites excluding steroid dienone is 2. The van der Waals surface area contributed by atoms with Gasteiger partial charge in [-0.25, -0.2) is 4.79 Å². The number of hydrogen-bond donors (Lipinski definition) is 1. The third kappa shape index (κ3) is 4.93. The van der Waals surface area contributed by atoms with E-state index in [1.165, 1.54) is 12.1 Å². The van der Waals surface area contributed by atoms with Gasteiger partial charge in [0.25, 0.3) is 0 Å². The average Bonchev–Trinajstić information content (AvgIpc) is 3.15. The van der Waals surface area contributed by atoms with Crippen molar-refractivity contribution < 1.29 is 27.4 Å². The summed E-state index contributed by atoms with van der Waals surface area (Å²) in [7, 11) is 0. The molecule has 3 atom stereocenters. The summed E-state index contributed by atoms with van der Waals surface area (Å²) in [5, 5.41) is 3.60. The highest BCUT2D eigenvalue weighted by Crippen LogP contribution is 2.48. The molecule has 1 amide bonds. The van der Waals surface area contributed by atoms with Gasteiger partial charge in [-0.2, -0.15) is 0 Å². The topological polar surface area (TPSA) is 50.8 Å². The standard InChI is InChI=1S/C23H29F3N2O3/c1-22(2,3)31-21(29)28-11-9-14(10-12-28)20-17-6-4-5-16(17)18-13-15(30-23(24,25)26)7-8-19(18)27-20/h4-5,7-8,13-14,16-17,20,27H,6,9-12H2,1-3H3. The van der Waals surface area contributed by atoms with Gasteiger partial charge in [-0.05, 0) is 75.6 Å². The van der Waals surface area contributed by atoms with Gasteiger partial charge < -0.3 is 19.7 Å². The molecule has 3 unspecified atom stereocenters. The Kier molecular flexibility index (Phi) is 5.60. The third-order valence-corrected chi connectivity index (χ3v) is 6.31. The Morgan fingerprint density at radius 3 is 2.52 bits per heavy atom. The molecular formula is C23H29F3N2O3. The smallest absolute Gasteiger partial charge is 0.444 e. The maximum absolute atomic E-state index is 12.6. The molecule has 3 aliphatic rings. The second kappa shape index (κ2) is 7.95. The number of rotatable bonds is 2. The molecular weight excluding hydrogens is 409 g/mol. The highest BCUT2D eigenvalue weighted by atomic mass is 19.4. The molecule has 1 aromatic carbocycles. The average molecular weight is 438 g/mol. The number of carbonyl (C=O) groups is 1. The highest BCUT2D eigenvalue weighted by Gasteiger charge is 2.42. The van der Waals surface area contributed by atoms with E-state index in [9.17, 15) is 18.0 Å². The number of halogens is 3. The van der Waals surface area contributed by atoms with Crippen LogP contribution in [0.15, 0.2) is 30.4 Å². The second-order valence-corrected chi connectivity index (χ2v) is 9.63. The molecule has 5 nitrogen and oxygen atoms in total. The van der Waals surface area contributed by atoms with Crippen LogP contribution in [-0.2, 0) is 4.74 Å². The van der Waals surface area contributed by atoms with Crippen molar-refractivity contribution in [1.82, 2.24) is 4.90 Å². The van der Waals surface area contributed by atoms with E-state index < -0.39 is 12.0 Å². The van der Waals surface area contributed by atoms with E-state index in [4.69, 9.17) is 4.74 Å². The normalized spacial score (nSPS) is 26.1. The minimum absolute atomic E-state index is 0.0712. The van der Waals surface area contributed by atoms with E-state index in [2.05, 4.69) is 22.2 Å². The van der Waals surface area contributed by atoms with Crippen molar-refractivity contribution in [3.63, 3.8) is 0 Å². The number of hydrogen-bond acceptors (Lipinski definition) is 4. The predicted octanol–water partition coefficient (Wildman–Crippen LogP) is 5.69. The first-order valence-electron chi connectivity index (χ1n) is 10.8. The summed E-state index contributed by atoms with van der Waals surface area (Å²) in [6.07, 6.45) is 1.86. The minimum atomic E-state index is -4.70. The summed E-state index contributed by atoms with van der Waals surface area (Å²) in [6.45, 7) is 6.87. The Bertz CT molecular complexity index is 855. The van der Waals surface area contributed by atoms with Crippen molar-refractivity contribution in [2.24, 2.45) is 11.8 Å². The van der Waals surface area contributed by atoms with Crippen LogP contribution in [0.5, 0.6) is 5.75 Å². The lowest BCUT2D eigenvalue weighted by atomic mass is 9.72. The van der Waals surface area contributed by atoms with Crippen LogP contribution in [0.25, 0.3) is 0 Å². The molecule has 0 saturated carbocycles. The van der Waals surface area contributed by atoms with Gasteiger partial charge in [-0.1, -0.05) is 12.2 Å². The Labute approximate surface area is 180 Å². The Hall–Kier alpha value is -2.38. The Balaban J connectivity index is 1.46. The number of anilines is 1. The van der Waals surface area contributed by atoms with Gasteiger partial charge in [0.1, 0.15) is 11.4 Å². The van der Waals surface area contributed by atoms with Gasteiger partial charge in [-0.3, -0.25) is 0 Å². The van der Waals surface area contributed by atoms with Crippen molar-refractivity contribution >= 4 is 11.8 Å². The number of piperidine rings is 1. The fourth-order valence-electron chi connectivity index (χ4n) is 5.04. The van der Waals surface area contributed by atoms with Gasteiger partial charge >= 0.3 is 12.5 Å². The molecule has 0 radical (unpaired) electrons. The molecule has 1 fully saturated rings. The molecule has 1 aliphatic carbocycles. The lowest BCUT2D eigenvalue weighted by molar-refractivity contribution is -0.274. The third-order valence-electron chi connectivity index (χ3n) is 6.31. The lowest BCUT2D eigenvalue weighted by Crippen LogP contribution is -2.48. The molecule has 2 heterocycles. The Morgan fingerprint density at radius 2 is 1.87 bits per heavy atom. The number of fused-ring (bicyclic) bond motifs is 3. The van der Waals surface area contributed by atoms with E-state index in [-0.39, 0.29) is 29.7 Å². The molecule has 8 heteroatoms. The first kappa shape index (κ1) is 21.8. The first-order chi connectivity index (χ1) is 14.5. The number of carbonyl (C=O) groups excluding carboxylic acids is 1. The monoisotopic (exact) mass is 438 g/mol. The fourth-order valence-corrected chi connectivity index (χ4v) is 5.04. The van der Waals surface area contributed by atoms with Gasteiger partial charge in [0, 0.05) is 30.7 Å². The van der Waals surface area contributed by atoms with Crippen molar-refractivity contribution in [1.29, 1.82) is 0 Å². The molecule has 1 N–H and O–H groups in total. The van der Waals surface area contributed by atoms with E-state index >= 15 is 0 Å². The summed E-state index contributed by atoms with van der Waals surface area (Å²) < 4.78 is 47.5. The summed E-state index contributed by atoms with van der Waals surface area (Å²) in [5.41, 5.74) is 1.20. The Morgan fingerprint density at radius 1 is 1.16 bits per heavy atom. The molecule has 1 saturated heterocycles. The number of ether oxygens (including phenoxy) is 2. The van der Waals surface area contributed by atoms with Gasteiger partial charge in [0.2, 0.25) is 0 Å². The predicted molar refractivity (Wildman–Crippen MR) is 111 cm³/mol. The zero-order valence-corrected chi connectivity index (χ0v) is 18.0. The number of likely N-dealkylation sites (tertiary alicyclic amines) is 1. The second-order valence-electron chi connectivity index (χ2n) is 9.63. The fraction of sp³-hybridized carbons (Fsp3) is 0.609. The van der Waals surface area contributed by atoms with E-state index in [1.54, 1.807) is 11.0 Å². The summed E-state index contributed by atoms with van der Waals surface area (Å²) >= 11 is 0. The molecule has 4 rings (SSSR count). The molecule has 0 spiro atoms. The maximum atomic E-state index is 12.6. The summed E-state index contributed by atoms with van der Waals surface area (Å²) in [6, 6.07) is 4.76. The largest absolute Gasteiger partial charge is 0.573 e. The van der Waals surface area contributed by atoms with Crippen molar-refractivity contribution in [3.8, 4) is 5.75 Å². The SMILES string of the molecule is CC(C)(C)OC(=O)N1CCC(C2Nc3ccc(OC(F)(F)F)cc3C3C=CCC32)CC1. The van der Waals surface area contributed by atoms with E-state index in [0.717, 1.165) is 30.5 Å². The van der Waals surface area contributed by atoms with Crippen LogP contribution in [0.2, 0.25) is 0 Å². The molecule has 0 bridgehead atoms. The van der Waals surface area contributed by atoms with Crippen LogP contribution in [0, 0.1) is 11.8 Å². The summed E-state index contributed by atoms with van der Waals surface area (Å²) in [4.78, 5) is 14.1. The van der Waals surface area contributed by atoms with Crippen LogP contribution < -0.4 is 10.1 Å². The van der Waals surface area contributed by atoms with Gasteiger partial charge in [-0.15, -0.1) is 13.2 Å². The highest BCUT2D eigenvalue weighted by molar-refractivity contribution is 5.68.